The van der Waals surface area contributed by atoms with Crippen molar-refractivity contribution in [2.45, 2.75) is 38.0 Å². The first kappa shape index (κ1) is 20.1. The molecule has 1 saturated heterocycles. The predicted octanol–water partition coefficient (Wildman–Crippen LogP) is 1.30. The van der Waals surface area contributed by atoms with Gasteiger partial charge in [0.2, 0.25) is 11.8 Å². The van der Waals surface area contributed by atoms with Crippen molar-refractivity contribution in [2.75, 3.05) is 0 Å². The molecule has 2 aromatic carbocycles. The molecule has 0 bridgehead atoms. The second-order valence-corrected chi connectivity index (χ2v) is 8.03. The van der Waals surface area contributed by atoms with E-state index in [0.717, 1.165) is 11.1 Å². The molecule has 2 atom stereocenters. The molecular formula is C23H21N5O4. The quantitative estimate of drug-likeness (QED) is 0.588. The van der Waals surface area contributed by atoms with Gasteiger partial charge in [-0.05, 0) is 29.7 Å². The van der Waals surface area contributed by atoms with Crippen molar-refractivity contribution in [3.63, 3.8) is 0 Å². The van der Waals surface area contributed by atoms with Gasteiger partial charge in [-0.2, -0.15) is 0 Å². The van der Waals surface area contributed by atoms with E-state index < -0.39 is 18.1 Å². The first-order valence-electron chi connectivity index (χ1n) is 10.4. The number of aromatic nitrogens is 3. The highest BCUT2D eigenvalue weighted by molar-refractivity contribution is 6.05. The molecule has 0 spiro atoms. The number of hydrogen-bond acceptors (Lipinski definition) is 6. The lowest BCUT2D eigenvalue weighted by Gasteiger charge is -2.29. The number of imide groups is 1. The standard InChI is InChI=1S/C23H21N5O4/c29-20(14-4-2-1-3-5-14)10-16-13-28(26-25-16)17-7-6-15-12-27(23(32)18(15)11-17)19-8-9-21(30)24-22(19)31/h1-7,11,13,19-20,29H,8-10,12H2,(H,24,30,31). The zero-order valence-electron chi connectivity index (χ0n) is 17.1. The Hall–Kier alpha value is -3.85. The lowest BCUT2D eigenvalue weighted by atomic mass is 10.0. The Morgan fingerprint density at radius 1 is 1.12 bits per heavy atom. The molecule has 3 amide bonds. The van der Waals surface area contributed by atoms with Gasteiger partial charge in [-0.1, -0.05) is 41.6 Å². The van der Waals surface area contributed by atoms with Gasteiger partial charge in [0.25, 0.3) is 5.91 Å². The number of carbonyl (C=O) groups is 3. The number of nitrogens with zero attached hydrogens (tertiary/aromatic N) is 4. The lowest BCUT2D eigenvalue weighted by Crippen LogP contribution is -2.52. The van der Waals surface area contributed by atoms with E-state index in [1.807, 2.05) is 42.5 Å². The average Bonchev–Trinajstić information content (AvgIpc) is 3.39. The minimum absolute atomic E-state index is 0.221. The number of rotatable bonds is 5. The highest BCUT2D eigenvalue weighted by Crippen LogP contribution is 2.29. The fourth-order valence-corrected chi connectivity index (χ4v) is 4.19. The van der Waals surface area contributed by atoms with Crippen molar-refractivity contribution in [3.05, 3.63) is 77.1 Å². The molecule has 1 fully saturated rings. The average molecular weight is 431 g/mol. The largest absolute Gasteiger partial charge is 0.388 e. The third-order valence-electron chi connectivity index (χ3n) is 5.90. The molecule has 2 aliphatic rings. The molecule has 2 unspecified atom stereocenters. The van der Waals surface area contributed by atoms with E-state index >= 15 is 0 Å². The summed E-state index contributed by atoms with van der Waals surface area (Å²) in [4.78, 5) is 38.1. The summed E-state index contributed by atoms with van der Waals surface area (Å²) in [6.07, 6.45) is 1.90. The third kappa shape index (κ3) is 3.67. The molecule has 162 valence electrons. The van der Waals surface area contributed by atoms with Crippen LogP contribution in [0.25, 0.3) is 5.69 Å². The van der Waals surface area contributed by atoms with Crippen LogP contribution in [-0.2, 0) is 22.6 Å². The Morgan fingerprint density at radius 3 is 2.72 bits per heavy atom. The van der Waals surface area contributed by atoms with Crippen LogP contribution in [-0.4, -0.2) is 48.8 Å². The van der Waals surface area contributed by atoms with Gasteiger partial charge in [-0.15, -0.1) is 5.10 Å². The number of amides is 3. The van der Waals surface area contributed by atoms with Crippen LogP contribution >= 0.6 is 0 Å². The van der Waals surface area contributed by atoms with Crippen LogP contribution < -0.4 is 5.32 Å². The normalized spacial score (nSPS) is 19.1. The van der Waals surface area contributed by atoms with Crippen molar-refractivity contribution in [2.24, 2.45) is 0 Å². The molecule has 0 aliphatic carbocycles. The Labute approximate surface area is 183 Å². The van der Waals surface area contributed by atoms with E-state index in [9.17, 15) is 19.5 Å². The van der Waals surface area contributed by atoms with Crippen LogP contribution in [0.2, 0.25) is 0 Å². The second-order valence-electron chi connectivity index (χ2n) is 8.03. The predicted molar refractivity (Wildman–Crippen MR) is 113 cm³/mol. The fourth-order valence-electron chi connectivity index (χ4n) is 4.19. The summed E-state index contributed by atoms with van der Waals surface area (Å²) < 4.78 is 1.56. The number of nitrogens with one attached hydrogen (secondary N) is 1. The first-order chi connectivity index (χ1) is 15.5. The van der Waals surface area contributed by atoms with Crippen LogP contribution in [0.3, 0.4) is 0 Å². The molecule has 3 heterocycles. The molecule has 0 radical (unpaired) electrons. The highest BCUT2D eigenvalue weighted by Gasteiger charge is 2.39. The van der Waals surface area contributed by atoms with Crippen LogP contribution in [0.5, 0.6) is 0 Å². The Balaban J connectivity index is 1.33. The Bertz CT molecular complexity index is 1210. The monoisotopic (exact) mass is 431 g/mol. The Kier molecular flexibility index (Phi) is 5.02. The molecule has 1 aromatic heterocycles. The lowest BCUT2D eigenvalue weighted by molar-refractivity contribution is -0.136. The summed E-state index contributed by atoms with van der Waals surface area (Å²) in [6, 6.07) is 14.1. The number of carbonyl (C=O) groups excluding carboxylic acids is 3. The molecule has 5 rings (SSSR count). The molecule has 2 N–H and O–H groups in total. The summed E-state index contributed by atoms with van der Waals surface area (Å²) in [5.74, 6) is -0.978. The van der Waals surface area contributed by atoms with Gasteiger partial charge in [0.15, 0.2) is 0 Å². The minimum atomic E-state index is -0.690. The third-order valence-corrected chi connectivity index (χ3v) is 5.90. The molecular weight excluding hydrogens is 410 g/mol. The van der Waals surface area contributed by atoms with E-state index in [-0.39, 0.29) is 18.2 Å². The molecule has 2 aliphatic heterocycles. The van der Waals surface area contributed by atoms with Crippen LogP contribution in [0, 0.1) is 0 Å². The van der Waals surface area contributed by atoms with Crippen LogP contribution in [0.15, 0.2) is 54.7 Å². The van der Waals surface area contributed by atoms with Crippen molar-refractivity contribution in [1.82, 2.24) is 25.2 Å². The van der Waals surface area contributed by atoms with Crippen LogP contribution in [0.4, 0.5) is 0 Å². The zero-order valence-corrected chi connectivity index (χ0v) is 17.1. The summed E-state index contributed by atoms with van der Waals surface area (Å²) in [6.45, 7) is 0.326. The van der Waals surface area contributed by atoms with Gasteiger partial charge in [0, 0.05) is 24.9 Å². The van der Waals surface area contributed by atoms with Gasteiger partial charge < -0.3 is 10.0 Å². The molecule has 9 heteroatoms. The number of aliphatic hydroxyl groups excluding tert-OH is 1. The van der Waals surface area contributed by atoms with Crippen molar-refractivity contribution >= 4 is 17.7 Å². The van der Waals surface area contributed by atoms with Crippen molar-refractivity contribution < 1.29 is 19.5 Å². The molecule has 3 aromatic rings. The number of aliphatic hydroxyl groups is 1. The van der Waals surface area contributed by atoms with Gasteiger partial charge in [-0.3, -0.25) is 19.7 Å². The summed E-state index contributed by atoms with van der Waals surface area (Å²) >= 11 is 0. The zero-order chi connectivity index (χ0) is 22.2. The van der Waals surface area contributed by atoms with E-state index in [1.165, 1.54) is 4.90 Å². The maximum Gasteiger partial charge on any atom is 0.255 e. The molecule has 32 heavy (non-hydrogen) atoms. The van der Waals surface area contributed by atoms with Gasteiger partial charge >= 0.3 is 0 Å². The Morgan fingerprint density at radius 2 is 1.94 bits per heavy atom. The van der Waals surface area contributed by atoms with E-state index in [2.05, 4.69) is 15.6 Å². The smallest absolute Gasteiger partial charge is 0.255 e. The van der Waals surface area contributed by atoms with Gasteiger partial charge in [0.1, 0.15) is 6.04 Å². The number of benzene rings is 2. The van der Waals surface area contributed by atoms with E-state index in [1.54, 1.807) is 16.9 Å². The van der Waals surface area contributed by atoms with Gasteiger partial charge in [-0.25, -0.2) is 4.68 Å². The summed E-state index contributed by atoms with van der Waals surface area (Å²) in [5, 5.41) is 21.0. The second kappa shape index (κ2) is 8.01. The SMILES string of the molecule is O=C1CCC(N2Cc3ccc(-n4cc(CC(O)c5ccccc5)nn4)cc3C2=O)C(=O)N1. The van der Waals surface area contributed by atoms with E-state index in [0.29, 0.717) is 36.3 Å². The number of piperidine rings is 1. The fraction of sp³-hybridized carbons (Fsp3) is 0.261. The number of hydrogen-bond donors (Lipinski definition) is 2. The molecule has 0 saturated carbocycles. The van der Waals surface area contributed by atoms with Crippen molar-refractivity contribution in [1.29, 1.82) is 0 Å². The summed E-state index contributed by atoms with van der Waals surface area (Å²) in [5.41, 5.74) is 3.42. The number of fused-ring (bicyclic) bond motifs is 1. The molecule has 9 nitrogen and oxygen atoms in total. The van der Waals surface area contributed by atoms with E-state index in [4.69, 9.17) is 0 Å². The first-order valence-corrected chi connectivity index (χ1v) is 10.4. The summed E-state index contributed by atoms with van der Waals surface area (Å²) in [7, 11) is 0. The topological polar surface area (TPSA) is 117 Å². The van der Waals surface area contributed by atoms with Gasteiger partial charge in [0.05, 0.1) is 23.7 Å². The van der Waals surface area contributed by atoms with Crippen molar-refractivity contribution in [3.8, 4) is 5.69 Å². The van der Waals surface area contributed by atoms with Crippen LogP contribution in [0.1, 0.15) is 46.1 Å². The maximum absolute atomic E-state index is 13.0. The maximum atomic E-state index is 13.0. The highest BCUT2D eigenvalue weighted by atomic mass is 16.3. The minimum Gasteiger partial charge on any atom is -0.388 e.